The molecule has 11 rings (SSSR count). The second-order valence-electron chi connectivity index (χ2n) is 20.5. The summed E-state index contributed by atoms with van der Waals surface area (Å²) in [6.07, 6.45) is 4.02. The Morgan fingerprint density at radius 2 is 1.14 bits per heavy atom. The van der Waals surface area contributed by atoms with E-state index >= 15 is 0 Å². The average molecular weight is 1130 g/mol. The summed E-state index contributed by atoms with van der Waals surface area (Å²) in [5, 5.41) is 3.51. The van der Waals surface area contributed by atoms with E-state index in [1.54, 1.807) is 0 Å². The Balaban J connectivity index is 0.000000321. The number of aromatic nitrogens is 4. The molecule has 4 aromatic heterocycles. The minimum Gasteiger partial charge on any atom is -0.501 e. The predicted molar refractivity (Wildman–Crippen MR) is 300 cm³/mol. The van der Waals surface area contributed by atoms with Gasteiger partial charge in [-0.05, 0) is 97.4 Å². The van der Waals surface area contributed by atoms with E-state index in [0.29, 0.717) is 0 Å². The third-order valence-electron chi connectivity index (χ3n) is 13.5. The van der Waals surface area contributed by atoms with Crippen molar-refractivity contribution in [2.24, 2.45) is 0 Å². The Bertz CT molecular complexity index is 3600. The monoisotopic (exact) mass is 1130 g/mol. The summed E-state index contributed by atoms with van der Waals surface area (Å²) < 4.78 is 9.21. The summed E-state index contributed by atoms with van der Waals surface area (Å²) in [5.74, 6) is 1.57. The summed E-state index contributed by atoms with van der Waals surface area (Å²) in [6.45, 7) is 20.5. The van der Waals surface area contributed by atoms with Gasteiger partial charge in [-0.15, -0.1) is 54.1 Å². The molecule has 1 radical (unpaired) electrons. The fraction of sp³-hybridized carbons (Fsp3) is 0.185. The second-order valence-corrected chi connectivity index (χ2v) is 25.6. The van der Waals surface area contributed by atoms with Gasteiger partial charge in [0.1, 0.15) is 5.58 Å². The van der Waals surface area contributed by atoms with Crippen molar-refractivity contribution in [3.05, 3.63) is 211 Å². The van der Waals surface area contributed by atoms with Crippen LogP contribution in [0.15, 0.2) is 187 Å². The average Bonchev–Trinajstić information content (AvgIpc) is 3.97. The molecule has 0 fully saturated rings. The molecule has 0 amide bonds. The third kappa shape index (κ3) is 10.1. The van der Waals surface area contributed by atoms with Gasteiger partial charge in [0.2, 0.25) is 0 Å². The van der Waals surface area contributed by atoms with Gasteiger partial charge in [-0.25, -0.2) is 0 Å². The molecule has 0 aliphatic carbocycles. The van der Waals surface area contributed by atoms with Crippen molar-refractivity contribution < 1.29 is 24.5 Å². The summed E-state index contributed by atoms with van der Waals surface area (Å²) >= 11 is 0. The summed E-state index contributed by atoms with van der Waals surface area (Å²) in [5.41, 5.74) is 18.2. The molecule has 0 atom stereocenters. The Labute approximate surface area is 439 Å². The SMILES string of the molecule is CC(C)c1cc2nc(-c3[c-]ccc4c3oc3cc(-c5ccc(-c6ccccc6)cc5)ccc34)n(-c3c(C(C)C)cc(-c4ccccc4)cc3C(C)C)c2cn1.C[Si](C)(C)c1ccc(-c2[c-]cccc2)nc1.[Ir]. The fourth-order valence-electron chi connectivity index (χ4n) is 9.44. The molecule has 0 aliphatic rings. The van der Waals surface area contributed by atoms with Gasteiger partial charge in [-0.2, -0.15) is 0 Å². The summed E-state index contributed by atoms with van der Waals surface area (Å²) in [6, 6.07) is 66.5. The number of imidazole rings is 1. The van der Waals surface area contributed by atoms with E-state index < -0.39 is 8.07 Å². The van der Waals surface area contributed by atoms with E-state index in [9.17, 15) is 0 Å². The van der Waals surface area contributed by atoms with Crippen LogP contribution in [0, 0.1) is 12.1 Å². The van der Waals surface area contributed by atoms with Crippen LogP contribution in [0.3, 0.4) is 0 Å². The van der Waals surface area contributed by atoms with Gasteiger partial charge < -0.3 is 14.0 Å². The molecule has 5 nitrogen and oxygen atoms in total. The molecule has 0 N–H and O–H groups in total. The van der Waals surface area contributed by atoms with Crippen LogP contribution >= 0.6 is 0 Å². The quantitative estimate of drug-likeness (QED) is 0.101. The summed E-state index contributed by atoms with van der Waals surface area (Å²) in [4.78, 5) is 14.9. The number of rotatable bonds is 10. The topological polar surface area (TPSA) is 56.7 Å². The van der Waals surface area contributed by atoms with Crippen LogP contribution in [0.2, 0.25) is 19.6 Å². The first-order valence-corrected chi connectivity index (χ1v) is 28.4. The zero-order valence-corrected chi connectivity index (χ0v) is 46.0. The normalized spacial score (nSPS) is 11.7. The maximum absolute atomic E-state index is 6.87. The maximum atomic E-state index is 6.87. The minimum atomic E-state index is -1.23. The van der Waals surface area contributed by atoms with Crippen molar-refractivity contribution in [2.45, 2.75) is 78.9 Å². The van der Waals surface area contributed by atoms with Gasteiger partial charge in [0, 0.05) is 43.1 Å². The number of pyridine rings is 2. The zero-order valence-electron chi connectivity index (χ0n) is 42.6. The second kappa shape index (κ2) is 21.0. The van der Waals surface area contributed by atoms with E-state index in [1.807, 2.05) is 48.8 Å². The first kappa shape index (κ1) is 49.9. The molecule has 361 valence electrons. The van der Waals surface area contributed by atoms with Crippen molar-refractivity contribution in [1.29, 1.82) is 0 Å². The Hall–Kier alpha value is -7.02. The van der Waals surface area contributed by atoms with Crippen molar-refractivity contribution >= 4 is 46.2 Å². The van der Waals surface area contributed by atoms with Gasteiger partial charge >= 0.3 is 0 Å². The first-order valence-electron chi connectivity index (χ1n) is 24.9. The van der Waals surface area contributed by atoms with Gasteiger partial charge in [0.05, 0.1) is 36.7 Å². The number of hydrogen-bond donors (Lipinski definition) is 0. The zero-order chi connectivity index (χ0) is 49.4. The van der Waals surface area contributed by atoms with Crippen LogP contribution < -0.4 is 5.19 Å². The van der Waals surface area contributed by atoms with E-state index in [2.05, 4.69) is 216 Å². The molecule has 0 aliphatic heterocycles. The molecule has 0 unspecified atom stereocenters. The maximum Gasteiger partial charge on any atom is 0.121 e. The fourth-order valence-corrected chi connectivity index (χ4v) is 10.5. The van der Waals surface area contributed by atoms with Gasteiger partial charge in [-0.3, -0.25) is 9.97 Å². The first-order chi connectivity index (χ1) is 34.3. The molecule has 7 heteroatoms. The largest absolute Gasteiger partial charge is 0.501 e. The van der Waals surface area contributed by atoms with Crippen LogP contribution in [0.25, 0.3) is 94.7 Å². The molecule has 0 saturated carbocycles. The van der Waals surface area contributed by atoms with Crippen LogP contribution in [0.1, 0.15) is 76.1 Å². The van der Waals surface area contributed by atoms with E-state index in [-0.39, 0.29) is 37.9 Å². The van der Waals surface area contributed by atoms with Crippen LogP contribution in [-0.2, 0) is 20.1 Å². The Morgan fingerprint density at radius 3 is 1.72 bits per heavy atom. The van der Waals surface area contributed by atoms with E-state index in [4.69, 9.17) is 14.4 Å². The van der Waals surface area contributed by atoms with Crippen LogP contribution in [0.4, 0.5) is 0 Å². The number of benzene rings is 7. The summed E-state index contributed by atoms with van der Waals surface area (Å²) in [7, 11) is -1.23. The third-order valence-corrected chi connectivity index (χ3v) is 15.5. The molecule has 7 aromatic carbocycles. The molecule has 0 saturated heterocycles. The van der Waals surface area contributed by atoms with Crippen molar-refractivity contribution in [2.75, 3.05) is 0 Å². The predicted octanol–water partition coefficient (Wildman–Crippen LogP) is 17.2. The van der Waals surface area contributed by atoms with Gasteiger partial charge in [0.15, 0.2) is 0 Å². The molecule has 0 spiro atoms. The molecular formula is C65H60IrN4OSi-2. The smallest absolute Gasteiger partial charge is 0.121 e. The van der Waals surface area contributed by atoms with Crippen LogP contribution in [0.5, 0.6) is 0 Å². The molecule has 72 heavy (non-hydrogen) atoms. The van der Waals surface area contributed by atoms with E-state index in [1.165, 1.54) is 38.6 Å². The number of fused-ring (bicyclic) bond motifs is 4. The standard InChI is InChI=1S/C51H44N3O.C14H16NSi.Ir/c1-31(2)43-26-39(35-16-11-8-12-17-35)27-44(32(3)4)49(43)54-47-30-52-45(33(5)6)29-46(47)53-51(54)42-19-13-18-41-40-25-24-38(28-48(40)55-50(41)42)37-22-20-36(21-23-37)34-14-9-7-10-15-34;1-16(2,3)13-9-10-14(15-11-13)12-7-5-4-6-8-12;/h7-18,20-33H,1-6H3;4-7,9-11H,1-3H3;/q2*-1;. The Morgan fingerprint density at radius 1 is 0.528 bits per heavy atom. The van der Waals surface area contributed by atoms with Crippen molar-refractivity contribution in [1.82, 2.24) is 19.5 Å². The molecule has 11 aromatic rings. The number of furan rings is 1. The molecule has 0 bridgehead atoms. The van der Waals surface area contributed by atoms with E-state index in [0.717, 1.165) is 78.1 Å². The number of hydrogen-bond acceptors (Lipinski definition) is 4. The Kier molecular flexibility index (Phi) is 14.6. The van der Waals surface area contributed by atoms with Gasteiger partial charge in [0.25, 0.3) is 0 Å². The van der Waals surface area contributed by atoms with Crippen molar-refractivity contribution in [3.8, 4) is 61.7 Å². The van der Waals surface area contributed by atoms with Crippen LogP contribution in [-0.4, -0.2) is 27.6 Å². The number of nitrogens with zero attached hydrogens (tertiary/aromatic N) is 4. The van der Waals surface area contributed by atoms with Gasteiger partial charge in [-0.1, -0.05) is 181 Å². The molecule has 4 heterocycles. The minimum absolute atomic E-state index is 0. The molecular weight excluding hydrogens is 1070 g/mol. The van der Waals surface area contributed by atoms with Crippen molar-refractivity contribution in [3.63, 3.8) is 0 Å².